The molecular weight excluding hydrogens is 236 g/mol. The summed E-state index contributed by atoms with van der Waals surface area (Å²) in [5.74, 6) is 0.206. The fourth-order valence-corrected chi connectivity index (χ4v) is 2.84. The number of hydrogen-bond acceptors (Lipinski definition) is 2. The van der Waals surface area contributed by atoms with Crippen molar-refractivity contribution in [2.24, 2.45) is 5.41 Å². The first kappa shape index (κ1) is 12.5. The lowest BCUT2D eigenvalue weighted by Gasteiger charge is -2.19. The predicted molar refractivity (Wildman–Crippen MR) is 76.7 cm³/mol. The van der Waals surface area contributed by atoms with E-state index in [1.807, 2.05) is 24.3 Å². The van der Waals surface area contributed by atoms with Crippen molar-refractivity contribution in [2.45, 2.75) is 44.4 Å². The number of amides is 1. The molecular formula is C16H22N2O. The molecule has 0 heterocycles. The molecule has 0 aliphatic heterocycles. The Morgan fingerprint density at radius 3 is 2.32 bits per heavy atom. The van der Waals surface area contributed by atoms with Gasteiger partial charge in [-0.1, -0.05) is 19.1 Å². The molecule has 2 aliphatic carbocycles. The van der Waals surface area contributed by atoms with Crippen molar-refractivity contribution >= 4 is 11.6 Å². The highest BCUT2D eigenvalue weighted by Gasteiger charge is 2.52. The Morgan fingerprint density at radius 1 is 1.21 bits per heavy atom. The molecule has 19 heavy (non-hydrogen) atoms. The first-order valence-corrected chi connectivity index (χ1v) is 7.25. The van der Waals surface area contributed by atoms with Gasteiger partial charge in [-0.25, -0.2) is 0 Å². The third-order valence-corrected chi connectivity index (χ3v) is 4.98. The lowest BCUT2D eigenvalue weighted by molar-refractivity contribution is -0.123. The number of carbonyl (C=O) groups excluding carboxylic acids is 1. The largest absolute Gasteiger partial charge is 0.399 e. The molecule has 102 valence electrons. The van der Waals surface area contributed by atoms with Crippen molar-refractivity contribution in [1.82, 2.24) is 5.32 Å². The van der Waals surface area contributed by atoms with Gasteiger partial charge in [-0.3, -0.25) is 4.79 Å². The minimum Gasteiger partial charge on any atom is -0.399 e. The topological polar surface area (TPSA) is 55.1 Å². The van der Waals surface area contributed by atoms with Gasteiger partial charge >= 0.3 is 0 Å². The molecule has 3 N–H and O–H groups in total. The van der Waals surface area contributed by atoms with Gasteiger partial charge in [0.15, 0.2) is 0 Å². The Hall–Kier alpha value is -1.51. The maximum atomic E-state index is 12.5. The van der Waals surface area contributed by atoms with E-state index in [4.69, 9.17) is 5.73 Å². The van der Waals surface area contributed by atoms with Crippen molar-refractivity contribution in [3.8, 4) is 0 Å². The first-order valence-electron chi connectivity index (χ1n) is 7.25. The minimum absolute atomic E-state index is 0.206. The fourth-order valence-electron chi connectivity index (χ4n) is 2.84. The van der Waals surface area contributed by atoms with Crippen LogP contribution in [0.15, 0.2) is 24.3 Å². The summed E-state index contributed by atoms with van der Waals surface area (Å²) in [5.41, 5.74) is 7.72. The molecule has 0 atom stereocenters. The minimum atomic E-state index is -0.266. The number of nitrogen functional groups attached to an aromatic ring is 1. The molecule has 0 saturated heterocycles. The highest BCUT2D eigenvalue weighted by molar-refractivity contribution is 5.91. The van der Waals surface area contributed by atoms with Crippen LogP contribution in [0.2, 0.25) is 0 Å². The van der Waals surface area contributed by atoms with E-state index in [9.17, 15) is 4.79 Å². The summed E-state index contributed by atoms with van der Waals surface area (Å²) in [5, 5.41) is 3.18. The van der Waals surface area contributed by atoms with Gasteiger partial charge < -0.3 is 11.1 Å². The molecule has 1 aromatic rings. The Kier molecular flexibility index (Phi) is 2.80. The van der Waals surface area contributed by atoms with Crippen LogP contribution in [0.3, 0.4) is 0 Å². The van der Waals surface area contributed by atoms with Crippen molar-refractivity contribution in [3.05, 3.63) is 29.8 Å². The predicted octanol–water partition coefficient (Wildman–Crippen LogP) is 2.61. The molecule has 2 saturated carbocycles. The van der Waals surface area contributed by atoms with E-state index in [0.29, 0.717) is 5.41 Å². The molecule has 3 nitrogen and oxygen atoms in total. The highest BCUT2D eigenvalue weighted by Crippen LogP contribution is 2.50. The zero-order chi connectivity index (χ0) is 13.5. The van der Waals surface area contributed by atoms with Crippen molar-refractivity contribution < 1.29 is 4.79 Å². The zero-order valence-electron chi connectivity index (χ0n) is 11.5. The average Bonchev–Trinajstić information content (AvgIpc) is 3.32. The molecule has 3 heteroatoms. The summed E-state index contributed by atoms with van der Waals surface area (Å²) in [4.78, 5) is 12.5. The van der Waals surface area contributed by atoms with Crippen LogP contribution in [0.1, 0.15) is 44.6 Å². The summed E-state index contributed by atoms with van der Waals surface area (Å²) in [6.07, 6.45) is 5.61. The molecule has 1 aromatic carbocycles. The molecule has 0 spiro atoms. The molecule has 1 amide bonds. The van der Waals surface area contributed by atoms with Gasteiger partial charge in [0.1, 0.15) is 0 Å². The third-order valence-electron chi connectivity index (χ3n) is 4.98. The number of benzene rings is 1. The first-order chi connectivity index (χ1) is 9.10. The molecule has 3 rings (SSSR count). The van der Waals surface area contributed by atoms with Crippen LogP contribution in [0, 0.1) is 5.41 Å². The molecule has 0 radical (unpaired) electrons. The second kappa shape index (κ2) is 4.26. The van der Waals surface area contributed by atoms with Crippen molar-refractivity contribution in [2.75, 3.05) is 12.3 Å². The Balaban J connectivity index is 1.67. The number of nitrogens with two attached hydrogens (primary N) is 1. The van der Waals surface area contributed by atoms with Crippen LogP contribution in [0.4, 0.5) is 5.69 Å². The summed E-state index contributed by atoms with van der Waals surface area (Å²) in [6.45, 7) is 3.06. The number of nitrogens with one attached hydrogen (secondary N) is 1. The smallest absolute Gasteiger partial charge is 0.230 e. The van der Waals surface area contributed by atoms with E-state index in [2.05, 4.69) is 12.2 Å². The number of rotatable bonds is 5. The number of anilines is 1. The standard InChI is InChI=1S/C16H22N2O/c1-2-15(7-8-15)11-18-14(19)16(9-10-16)12-3-5-13(17)6-4-12/h3-6H,2,7-11,17H2,1H3,(H,18,19). The van der Waals surface area contributed by atoms with Gasteiger partial charge in [0.05, 0.1) is 5.41 Å². The third kappa shape index (κ3) is 2.22. The Labute approximate surface area is 114 Å². The van der Waals surface area contributed by atoms with E-state index in [0.717, 1.165) is 30.6 Å². The van der Waals surface area contributed by atoms with Gasteiger partial charge in [0, 0.05) is 12.2 Å². The van der Waals surface area contributed by atoms with Gasteiger partial charge in [0.2, 0.25) is 5.91 Å². The summed E-state index contributed by atoms with van der Waals surface area (Å²) < 4.78 is 0. The fraction of sp³-hybridized carbons (Fsp3) is 0.562. The van der Waals surface area contributed by atoms with Crippen LogP contribution >= 0.6 is 0 Å². The van der Waals surface area contributed by atoms with Crippen molar-refractivity contribution in [3.63, 3.8) is 0 Å². The van der Waals surface area contributed by atoms with E-state index in [1.54, 1.807) is 0 Å². The van der Waals surface area contributed by atoms with Crippen LogP contribution < -0.4 is 11.1 Å². The SMILES string of the molecule is CCC1(CNC(=O)C2(c3ccc(N)cc3)CC2)CC1. The van der Waals surface area contributed by atoms with E-state index in [-0.39, 0.29) is 11.3 Å². The lowest BCUT2D eigenvalue weighted by Crippen LogP contribution is -2.38. The van der Waals surface area contributed by atoms with Crippen LogP contribution in [0.25, 0.3) is 0 Å². The normalized spacial score (nSPS) is 21.7. The van der Waals surface area contributed by atoms with E-state index >= 15 is 0 Å². The average molecular weight is 258 g/mol. The van der Waals surface area contributed by atoms with Gasteiger partial charge in [-0.2, -0.15) is 0 Å². The number of carbonyl (C=O) groups is 1. The molecule has 2 fully saturated rings. The maximum Gasteiger partial charge on any atom is 0.230 e. The van der Waals surface area contributed by atoms with Gasteiger partial charge in [0.25, 0.3) is 0 Å². The zero-order valence-corrected chi connectivity index (χ0v) is 11.5. The quantitative estimate of drug-likeness (QED) is 0.798. The van der Waals surface area contributed by atoms with Crippen LogP contribution in [-0.4, -0.2) is 12.5 Å². The Bertz CT molecular complexity index is 484. The molecule has 0 aromatic heterocycles. The molecule has 0 bridgehead atoms. The Morgan fingerprint density at radius 2 is 1.84 bits per heavy atom. The second-order valence-corrected chi connectivity index (χ2v) is 6.24. The number of hydrogen-bond donors (Lipinski definition) is 2. The van der Waals surface area contributed by atoms with E-state index < -0.39 is 0 Å². The second-order valence-electron chi connectivity index (χ2n) is 6.24. The van der Waals surface area contributed by atoms with Crippen LogP contribution in [0.5, 0.6) is 0 Å². The summed E-state index contributed by atoms with van der Waals surface area (Å²) >= 11 is 0. The van der Waals surface area contributed by atoms with Gasteiger partial charge in [-0.15, -0.1) is 0 Å². The van der Waals surface area contributed by atoms with E-state index in [1.165, 1.54) is 19.3 Å². The highest BCUT2D eigenvalue weighted by atomic mass is 16.2. The summed E-state index contributed by atoms with van der Waals surface area (Å²) in [6, 6.07) is 7.76. The van der Waals surface area contributed by atoms with Crippen LogP contribution in [-0.2, 0) is 10.2 Å². The lowest BCUT2D eigenvalue weighted by atomic mass is 9.94. The molecule has 2 aliphatic rings. The van der Waals surface area contributed by atoms with Gasteiger partial charge in [-0.05, 0) is 55.2 Å². The van der Waals surface area contributed by atoms with Crippen molar-refractivity contribution in [1.29, 1.82) is 0 Å². The summed E-state index contributed by atoms with van der Waals surface area (Å²) in [7, 11) is 0. The monoisotopic (exact) mass is 258 g/mol. The maximum absolute atomic E-state index is 12.5. The molecule has 0 unspecified atom stereocenters.